The first kappa shape index (κ1) is 8.90. The van der Waals surface area contributed by atoms with E-state index < -0.39 is 0 Å². The average Bonchev–Trinajstić information content (AvgIpc) is 2.75. The second-order valence-corrected chi connectivity index (χ2v) is 4.04. The molecule has 4 nitrogen and oxygen atoms in total. The van der Waals surface area contributed by atoms with Crippen LogP contribution >= 0.6 is 11.5 Å². The highest BCUT2D eigenvalue weighted by Crippen LogP contribution is 2.10. The van der Waals surface area contributed by atoms with Crippen LogP contribution in [0.2, 0.25) is 0 Å². The summed E-state index contributed by atoms with van der Waals surface area (Å²) < 4.78 is 3.93. The number of aromatic nitrogens is 2. The third-order valence-electron chi connectivity index (χ3n) is 2.29. The van der Waals surface area contributed by atoms with E-state index in [9.17, 15) is 0 Å². The zero-order chi connectivity index (χ0) is 8.93. The lowest BCUT2D eigenvalue weighted by molar-refractivity contribution is 0.574. The van der Waals surface area contributed by atoms with Gasteiger partial charge in [-0.15, -0.1) is 0 Å². The molecule has 0 spiro atoms. The van der Waals surface area contributed by atoms with E-state index >= 15 is 0 Å². The number of hydrogen-bond donors (Lipinski definition) is 2. The molecule has 1 aromatic heterocycles. The van der Waals surface area contributed by atoms with Crippen molar-refractivity contribution in [3.05, 3.63) is 6.33 Å². The molecule has 1 saturated heterocycles. The molecule has 0 aromatic carbocycles. The minimum absolute atomic E-state index is 0.709. The Morgan fingerprint density at radius 1 is 1.69 bits per heavy atom. The monoisotopic (exact) mass is 198 g/mol. The highest BCUT2D eigenvalue weighted by atomic mass is 32.1. The lowest BCUT2D eigenvalue weighted by Gasteiger charge is -2.09. The van der Waals surface area contributed by atoms with Crippen molar-refractivity contribution in [3.63, 3.8) is 0 Å². The van der Waals surface area contributed by atoms with E-state index in [-0.39, 0.29) is 0 Å². The van der Waals surface area contributed by atoms with Gasteiger partial charge in [0.15, 0.2) is 0 Å². The zero-order valence-electron chi connectivity index (χ0n) is 7.49. The maximum Gasteiger partial charge on any atom is 0.202 e. The second-order valence-electron chi connectivity index (χ2n) is 3.26. The van der Waals surface area contributed by atoms with Gasteiger partial charge in [-0.05, 0) is 25.8 Å². The maximum atomic E-state index is 4.06. The Labute approximate surface area is 81.9 Å². The molecular weight excluding hydrogens is 184 g/mol. The summed E-state index contributed by atoms with van der Waals surface area (Å²) >= 11 is 1.41. The Morgan fingerprint density at radius 3 is 3.38 bits per heavy atom. The van der Waals surface area contributed by atoms with Gasteiger partial charge in [0, 0.05) is 24.1 Å². The van der Waals surface area contributed by atoms with E-state index in [1.165, 1.54) is 37.3 Å². The predicted octanol–water partition coefficient (Wildman–Crippen LogP) is 1.09. The van der Waals surface area contributed by atoms with Crippen molar-refractivity contribution in [2.45, 2.75) is 25.3 Å². The van der Waals surface area contributed by atoms with Gasteiger partial charge in [0.1, 0.15) is 6.33 Å². The van der Waals surface area contributed by atoms with Crippen LogP contribution in [0.1, 0.15) is 19.3 Å². The largest absolute Gasteiger partial charge is 0.360 e. The Bertz CT molecular complexity index is 230. The molecule has 0 bridgehead atoms. The average molecular weight is 198 g/mol. The van der Waals surface area contributed by atoms with Crippen molar-refractivity contribution in [2.24, 2.45) is 0 Å². The fourth-order valence-electron chi connectivity index (χ4n) is 1.61. The summed E-state index contributed by atoms with van der Waals surface area (Å²) in [4.78, 5) is 4.06. The SMILES string of the molecule is c1nsc(NCCC2CCCN2)n1. The first-order valence-corrected chi connectivity index (χ1v) is 5.46. The Hall–Kier alpha value is -0.680. The van der Waals surface area contributed by atoms with Gasteiger partial charge in [-0.2, -0.15) is 4.37 Å². The molecule has 1 unspecified atom stereocenters. The highest BCUT2D eigenvalue weighted by molar-refractivity contribution is 7.09. The molecule has 1 atom stereocenters. The van der Waals surface area contributed by atoms with Gasteiger partial charge < -0.3 is 10.6 Å². The number of nitrogens with one attached hydrogen (secondary N) is 2. The van der Waals surface area contributed by atoms with Crippen molar-refractivity contribution in [1.29, 1.82) is 0 Å². The molecule has 0 radical (unpaired) electrons. The third-order valence-corrected chi connectivity index (χ3v) is 2.92. The van der Waals surface area contributed by atoms with Crippen LogP contribution < -0.4 is 10.6 Å². The van der Waals surface area contributed by atoms with Crippen LogP contribution in [-0.2, 0) is 0 Å². The first-order chi connectivity index (χ1) is 6.45. The quantitative estimate of drug-likeness (QED) is 0.760. The van der Waals surface area contributed by atoms with Gasteiger partial charge in [0.05, 0.1) is 0 Å². The van der Waals surface area contributed by atoms with Crippen molar-refractivity contribution < 1.29 is 0 Å². The maximum absolute atomic E-state index is 4.06. The molecule has 5 heteroatoms. The normalized spacial score (nSPS) is 22.0. The molecular formula is C8H14N4S. The fraction of sp³-hybridized carbons (Fsp3) is 0.750. The number of hydrogen-bond acceptors (Lipinski definition) is 5. The van der Waals surface area contributed by atoms with E-state index in [4.69, 9.17) is 0 Å². The summed E-state index contributed by atoms with van der Waals surface area (Å²) in [6, 6.07) is 0.709. The first-order valence-electron chi connectivity index (χ1n) is 4.69. The summed E-state index contributed by atoms with van der Waals surface area (Å²) in [6.45, 7) is 2.18. The van der Waals surface area contributed by atoms with Gasteiger partial charge in [-0.3, -0.25) is 0 Å². The van der Waals surface area contributed by atoms with Crippen molar-refractivity contribution in [3.8, 4) is 0 Å². The molecule has 1 fully saturated rings. The van der Waals surface area contributed by atoms with E-state index in [1.54, 1.807) is 6.33 Å². The minimum atomic E-state index is 0.709. The molecule has 1 aliphatic heterocycles. The Morgan fingerprint density at radius 2 is 2.69 bits per heavy atom. The number of nitrogens with zero attached hydrogens (tertiary/aromatic N) is 2. The fourth-order valence-corrected chi connectivity index (χ4v) is 2.06. The topological polar surface area (TPSA) is 49.8 Å². The molecule has 0 amide bonds. The van der Waals surface area contributed by atoms with Crippen LogP contribution in [0.15, 0.2) is 6.33 Å². The molecule has 2 N–H and O–H groups in total. The van der Waals surface area contributed by atoms with Crippen LogP contribution in [0.25, 0.3) is 0 Å². The molecule has 0 saturated carbocycles. The minimum Gasteiger partial charge on any atom is -0.360 e. The Kier molecular flexibility index (Phi) is 3.10. The van der Waals surface area contributed by atoms with E-state index in [0.29, 0.717) is 6.04 Å². The van der Waals surface area contributed by atoms with Crippen LogP contribution in [0.3, 0.4) is 0 Å². The molecule has 2 rings (SSSR count). The standard InChI is InChI=1S/C8H14N4S/c1-2-7(9-4-1)3-5-10-8-11-6-12-13-8/h6-7,9H,1-5H2,(H,10,11,12). The summed E-state index contributed by atoms with van der Waals surface area (Å²) in [5, 5.41) is 7.65. The van der Waals surface area contributed by atoms with E-state index in [2.05, 4.69) is 20.0 Å². The molecule has 1 aromatic rings. The van der Waals surface area contributed by atoms with E-state index in [0.717, 1.165) is 11.7 Å². The zero-order valence-corrected chi connectivity index (χ0v) is 8.31. The lowest BCUT2D eigenvalue weighted by Crippen LogP contribution is -2.23. The van der Waals surface area contributed by atoms with Crippen molar-refractivity contribution in [2.75, 3.05) is 18.4 Å². The lowest BCUT2D eigenvalue weighted by atomic mass is 10.2. The molecule has 1 aliphatic rings. The summed E-state index contributed by atoms with van der Waals surface area (Å²) in [5.74, 6) is 0. The van der Waals surface area contributed by atoms with Crippen LogP contribution in [0.5, 0.6) is 0 Å². The van der Waals surface area contributed by atoms with Crippen LogP contribution in [-0.4, -0.2) is 28.5 Å². The van der Waals surface area contributed by atoms with Crippen molar-refractivity contribution in [1.82, 2.24) is 14.7 Å². The van der Waals surface area contributed by atoms with Gasteiger partial charge in [0.2, 0.25) is 5.13 Å². The van der Waals surface area contributed by atoms with Gasteiger partial charge in [-0.1, -0.05) is 0 Å². The summed E-state index contributed by atoms with van der Waals surface area (Å²) in [7, 11) is 0. The van der Waals surface area contributed by atoms with Crippen LogP contribution in [0.4, 0.5) is 5.13 Å². The molecule has 13 heavy (non-hydrogen) atoms. The molecule has 72 valence electrons. The van der Waals surface area contributed by atoms with Crippen molar-refractivity contribution >= 4 is 16.7 Å². The molecule has 2 heterocycles. The van der Waals surface area contributed by atoms with Gasteiger partial charge in [0.25, 0.3) is 0 Å². The number of rotatable bonds is 4. The summed E-state index contributed by atoms with van der Waals surface area (Å²) in [5.41, 5.74) is 0. The second kappa shape index (κ2) is 4.53. The smallest absolute Gasteiger partial charge is 0.202 e. The molecule has 0 aliphatic carbocycles. The highest BCUT2D eigenvalue weighted by Gasteiger charge is 2.12. The van der Waals surface area contributed by atoms with Crippen LogP contribution in [0, 0.1) is 0 Å². The number of anilines is 1. The predicted molar refractivity (Wildman–Crippen MR) is 54.0 cm³/mol. The van der Waals surface area contributed by atoms with Gasteiger partial charge in [-0.25, -0.2) is 4.98 Å². The Balaban J connectivity index is 1.63. The van der Waals surface area contributed by atoms with E-state index in [1.807, 2.05) is 0 Å². The van der Waals surface area contributed by atoms with Gasteiger partial charge >= 0.3 is 0 Å². The summed E-state index contributed by atoms with van der Waals surface area (Å²) in [6.07, 6.45) is 5.40. The third kappa shape index (κ3) is 2.63.